The van der Waals surface area contributed by atoms with E-state index in [0.29, 0.717) is 12.4 Å². The maximum Gasteiger partial charge on any atom is 0.157 e. The highest BCUT2D eigenvalue weighted by molar-refractivity contribution is 5.62. The molecule has 0 spiro atoms. The Kier molecular flexibility index (Phi) is 5.07. The molecule has 0 fully saturated rings. The average Bonchev–Trinajstić information content (AvgIpc) is 2.48. The Morgan fingerprint density at radius 1 is 1.10 bits per heavy atom. The van der Waals surface area contributed by atoms with Gasteiger partial charge in [-0.25, -0.2) is 9.97 Å². The lowest BCUT2D eigenvalue weighted by atomic mass is 10.1. The number of anilines is 1. The minimum Gasteiger partial charge on any atom is -0.377 e. The number of ether oxygens (including phenoxy) is 1. The Hall–Kier alpha value is -1.94. The van der Waals surface area contributed by atoms with Gasteiger partial charge in [-0.15, -0.1) is 0 Å². The Balaban J connectivity index is 2.37. The summed E-state index contributed by atoms with van der Waals surface area (Å²) in [4.78, 5) is 8.98. The summed E-state index contributed by atoms with van der Waals surface area (Å²) in [6.45, 7) is 5.45. The fourth-order valence-electron chi connectivity index (χ4n) is 2.02. The zero-order valence-electron chi connectivity index (χ0n) is 12.3. The molecule has 0 amide bonds. The van der Waals surface area contributed by atoms with E-state index in [0.717, 1.165) is 30.0 Å². The summed E-state index contributed by atoms with van der Waals surface area (Å²) in [6.07, 6.45) is 1.04. The summed E-state index contributed by atoms with van der Waals surface area (Å²) < 4.78 is 5.14. The summed E-state index contributed by atoms with van der Waals surface area (Å²) >= 11 is 0. The first-order chi connectivity index (χ1) is 9.76. The zero-order chi connectivity index (χ0) is 14.4. The van der Waals surface area contributed by atoms with Crippen LogP contribution in [0, 0.1) is 0 Å². The molecule has 0 saturated carbocycles. The smallest absolute Gasteiger partial charge is 0.157 e. The van der Waals surface area contributed by atoms with Crippen LogP contribution in [0.2, 0.25) is 0 Å². The lowest BCUT2D eigenvalue weighted by Gasteiger charge is -2.09. The minimum atomic E-state index is 0.416. The van der Waals surface area contributed by atoms with Crippen molar-refractivity contribution in [1.82, 2.24) is 9.97 Å². The second-order valence-corrected chi connectivity index (χ2v) is 4.57. The van der Waals surface area contributed by atoms with E-state index in [1.807, 2.05) is 13.0 Å². The van der Waals surface area contributed by atoms with Crippen LogP contribution in [0.15, 0.2) is 30.3 Å². The van der Waals surface area contributed by atoms with Crippen molar-refractivity contribution in [3.05, 3.63) is 41.7 Å². The Morgan fingerprint density at radius 2 is 1.85 bits per heavy atom. The molecule has 2 rings (SSSR count). The van der Waals surface area contributed by atoms with Gasteiger partial charge in [-0.2, -0.15) is 0 Å². The summed E-state index contributed by atoms with van der Waals surface area (Å²) in [5.74, 6) is 1.53. The fraction of sp³-hybridized carbons (Fsp3) is 0.375. The monoisotopic (exact) mass is 271 g/mol. The van der Waals surface area contributed by atoms with Gasteiger partial charge in [-0.3, -0.25) is 0 Å². The summed E-state index contributed by atoms with van der Waals surface area (Å²) in [5, 5.41) is 3.23. The van der Waals surface area contributed by atoms with E-state index in [1.165, 1.54) is 5.56 Å². The molecule has 106 valence electrons. The molecule has 1 N–H and O–H groups in total. The molecule has 0 radical (unpaired) electrons. The van der Waals surface area contributed by atoms with E-state index in [9.17, 15) is 0 Å². The lowest BCUT2D eigenvalue weighted by Crippen LogP contribution is -2.05. The molecule has 1 aromatic carbocycles. The normalized spacial score (nSPS) is 10.6. The highest BCUT2D eigenvalue weighted by Gasteiger charge is 2.06. The number of methoxy groups -OCH3 is 1. The molecule has 1 aromatic heterocycles. The molecule has 0 unspecified atom stereocenters. The first-order valence-corrected chi connectivity index (χ1v) is 6.96. The van der Waals surface area contributed by atoms with Crippen LogP contribution >= 0.6 is 0 Å². The second-order valence-electron chi connectivity index (χ2n) is 4.57. The number of aromatic nitrogens is 2. The molecule has 20 heavy (non-hydrogen) atoms. The quantitative estimate of drug-likeness (QED) is 0.875. The van der Waals surface area contributed by atoms with Crippen LogP contribution in [-0.2, 0) is 17.8 Å². The molecule has 4 heteroatoms. The lowest BCUT2D eigenvalue weighted by molar-refractivity contribution is 0.178. The summed E-state index contributed by atoms with van der Waals surface area (Å²) in [7, 11) is 1.65. The highest BCUT2D eigenvalue weighted by atomic mass is 16.5. The highest BCUT2D eigenvalue weighted by Crippen LogP contribution is 2.21. The van der Waals surface area contributed by atoms with E-state index in [4.69, 9.17) is 4.74 Å². The van der Waals surface area contributed by atoms with Gasteiger partial charge < -0.3 is 10.1 Å². The van der Waals surface area contributed by atoms with Crippen molar-refractivity contribution in [1.29, 1.82) is 0 Å². The van der Waals surface area contributed by atoms with Crippen molar-refractivity contribution in [3.63, 3.8) is 0 Å². The van der Waals surface area contributed by atoms with Gasteiger partial charge in [0.1, 0.15) is 12.4 Å². The van der Waals surface area contributed by atoms with Crippen molar-refractivity contribution in [2.45, 2.75) is 26.9 Å². The SMILES string of the molecule is CCNc1cc(-c2ccc(CC)cc2)nc(COC)n1. The predicted octanol–water partition coefficient (Wildman–Crippen LogP) is 3.28. The minimum absolute atomic E-state index is 0.416. The number of aryl methyl sites for hydroxylation is 1. The van der Waals surface area contributed by atoms with Gasteiger partial charge in [0.25, 0.3) is 0 Å². The molecule has 0 aliphatic rings. The number of hydrogen-bond donors (Lipinski definition) is 1. The number of nitrogens with one attached hydrogen (secondary N) is 1. The van der Waals surface area contributed by atoms with Crippen LogP contribution in [0.4, 0.5) is 5.82 Å². The molecule has 1 heterocycles. The molecule has 0 aliphatic heterocycles. The maximum absolute atomic E-state index is 5.14. The van der Waals surface area contributed by atoms with Crippen LogP contribution in [0.25, 0.3) is 11.3 Å². The summed E-state index contributed by atoms with van der Waals surface area (Å²) in [6, 6.07) is 10.5. The van der Waals surface area contributed by atoms with Crippen LogP contribution in [0.5, 0.6) is 0 Å². The van der Waals surface area contributed by atoms with Crippen LogP contribution < -0.4 is 5.32 Å². The first-order valence-electron chi connectivity index (χ1n) is 6.96. The third-order valence-corrected chi connectivity index (χ3v) is 3.06. The van der Waals surface area contributed by atoms with E-state index in [1.54, 1.807) is 7.11 Å². The van der Waals surface area contributed by atoms with Crippen LogP contribution in [0.1, 0.15) is 25.2 Å². The topological polar surface area (TPSA) is 47.0 Å². The molecule has 2 aromatic rings. The van der Waals surface area contributed by atoms with Gasteiger partial charge in [0.05, 0.1) is 5.69 Å². The van der Waals surface area contributed by atoms with E-state index in [-0.39, 0.29) is 0 Å². The third-order valence-electron chi connectivity index (χ3n) is 3.06. The van der Waals surface area contributed by atoms with Crippen molar-refractivity contribution >= 4 is 5.82 Å². The van der Waals surface area contributed by atoms with Crippen LogP contribution in [0.3, 0.4) is 0 Å². The Labute approximate surface area is 120 Å². The average molecular weight is 271 g/mol. The molecule has 0 atom stereocenters. The number of benzene rings is 1. The number of hydrogen-bond acceptors (Lipinski definition) is 4. The van der Waals surface area contributed by atoms with Crippen molar-refractivity contribution in [3.8, 4) is 11.3 Å². The van der Waals surface area contributed by atoms with E-state index < -0.39 is 0 Å². The van der Waals surface area contributed by atoms with Crippen molar-refractivity contribution in [2.24, 2.45) is 0 Å². The Bertz CT molecular complexity index is 528. The Morgan fingerprint density at radius 3 is 2.45 bits per heavy atom. The van der Waals surface area contributed by atoms with Crippen LogP contribution in [-0.4, -0.2) is 23.6 Å². The number of nitrogens with zero attached hydrogens (tertiary/aromatic N) is 2. The molecule has 0 saturated heterocycles. The largest absolute Gasteiger partial charge is 0.377 e. The van der Waals surface area contributed by atoms with Gasteiger partial charge >= 0.3 is 0 Å². The van der Waals surface area contributed by atoms with E-state index >= 15 is 0 Å². The van der Waals surface area contributed by atoms with Crippen molar-refractivity contribution < 1.29 is 4.74 Å². The van der Waals surface area contributed by atoms with E-state index in [2.05, 4.69) is 46.5 Å². The molecular weight excluding hydrogens is 250 g/mol. The molecule has 4 nitrogen and oxygen atoms in total. The standard InChI is InChI=1S/C16H21N3O/c1-4-12-6-8-13(9-7-12)14-10-15(17-5-2)19-16(18-14)11-20-3/h6-10H,4-5,11H2,1-3H3,(H,17,18,19). The van der Waals surface area contributed by atoms with Gasteiger partial charge in [0.15, 0.2) is 5.82 Å². The predicted molar refractivity (Wildman–Crippen MR) is 81.7 cm³/mol. The fourth-order valence-corrected chi connectivity index (χ4v) is 2.02. The number of rotatable bonds is 6. The first kappa shape index (κ1) is 14.5. The maximum atomic E-state index is 5.14. The van der Waals surface area contributed by atoms with Gasteiger partial charge in [-0.1, -0.05) is 31.2 Å². The van der Waals surface area contributed by atoms with Crippen molar-refractivity contribution in [2.75, 3.05) is 19.0 Å². The second kappa shape index (κ2) is 7.01. The van der Waals surface area contributed by atoms with Gasteiger partial charge in [0.2, 0.25) is 0 Å². The van der Waals surface area contributed by atoms with Gasteiger partial charge in [-0.05, 0) is 18.9 Å². The zero-order valence-corrected chi connectivity index (χ0v) is 12.3. The summed E-state index contributed by atoms with van der Waals surface area (Å²) in [5.41, 5.74) is 3.35. The van der Waals surface area contributed by atoms with Gasteiger partial charge in [0, 0.05) is 25.3 Å². The molecule has 0 bridgehead atoms. The third kappa shape index (κ3) is 3.54. The molecule has 0 aliphatic carbocycles. The molecular formula is C16H21N3O.